The molecule has 3 unspecified atom stereocenters. The molecule has 0 bridgehead atoms. The topological polar surface area (TPSA) is 172 Å². The molecule has 204 valence electrons. The van der Waals surface area contributed by atoms with Crippen molar-refractivity contribution in [2.24, 2.45) is 22.7 Å². The maximum atomic E-state index is 12.8. The van der Waals surface area contributed by atoms with Crippen LogP contribution in [0.3, 0.4) is 0 Å². The Morgan fingerprint density at radius 2 is 1.40 bits per heavy atom. The van der Waals surface area contributed by atoms with Gasteiger partial charge < -0.3 is 28.7 Å². The van der Waals surface area contributed by atoms with Crippen LogP contribution in [0.2, 0.25) is 0 Å². The van der Waals surface area contributed by atoms with Crippen molar-refractivity contribution in [1.29, 1.82) is 0 Å². The van der Waals surface area contributed by atoms with Gasteiger partial charge in [-0.2, -0.15) is 0 Å². The standard InChI is InChI=1S/C22H39O12P/c1-8-22(5,20(26)31-7)14-16(18(24)32-9-2)12-15(17(23)30-6)13-21(3,4)19(25)33-10-11-34-35(27,28)29/h15-16H,8-14H2,1-7H3,(H2,27,28,29). The first-order chi connectivity index (χ1) is 16.1. The number of rotatable bonds is 16. The molecule has 0 spiro atoms. The molecule has 12 nitrogen and oxygen atoms in total. The van der Waals surface area contributed by atoms with E-state index in [4.69, 9.17) is 28.7 Å². The number of hydrogen-bond donors (Lipinski definition) is 2. The molecule has 0 aliphatic carbocycles. The van der Waals surface area contributed by atoms with Gasteiger partial charge in [-0.05, 0) is 53.4 Å². The Labute approximate surface area is 206 Å². The molecule has 3 atom stereocenters. The molecule has 0 saturated carbocycles. The second-order valence-corrected chi connectivity index (χ2v) is 10.3. The van der Waals surface area contributed by atoms with E-state index < -0.39 is 67.6 Å². The molecule has 0 fully saturated rings. The van der Waals surface area contributed by atoms with E-state index in [1.54, 1.807) is 20.8 Å². The van der Waals surface area contributed by atoms with Gasteiger partial charge in [-0.1, -0.05) is 6.92 Å². The highest BCUT2D eigenvalue weighted by molar-refractivity contribution is 7.46. The average Bonchev–Trinajstić information content (AvgIpc) is 2.78. The molecule has 2 N–H and O–H groups in total. The Kier molecular flexibility index (Phi) is 13.7. The lowest BCUT2D eigenvalue weighted by atomic mass is 9.73. The Hall–Kier alpha value is -2.01. The van der Waals surface area contributed by atoms with Gasteiger partial charge in [-0.3, -0.25) is 23.7 Å². The minimum absolute atomic E-state index is 0.0455. The molecule has 0 aliphatic heterocycles. The number of ether oxygens (including phenoxy) is 4. The van der Waals surface area contributed by atoms with Crippen LogP contribution in [-0.4, -0.2) is 67.7 Å². The molecule has 13 heteroatoms. The maximum Gasteiger partial charge on any atom is 0.469 e. The first-order valence-corrected chi connectivity index (χ1v) is 12.8. The van der Waals surface area contributed by atoms with E-state index >= 15 is 0 Å². The third kappa shape index (κ3) is 11.5. The summed E-state index contributed by atoms with van der Waals surface area (Å²) in [5.41, 5.74) is -2.23. The van der Waals surface area contributed by atoms with Crippen LogP contribution in [0.15, 0.2) is 0 Å². The molecule has 0 heterocycles. The Bertz CT molecular complexity index is 774. The van der Waals surface area contributed by atoms with E-state index in [2.05, 4.69) is 4.52 Å². The summed E-state index contributed by atoms with van der Waals surface area (Å²) in [6.45, 7) is 7.33. The second-order valence-electron chi connectivity index (χ2n) is 9.06. The summed E-state index contributed by atoms with van der Waals surface area (Å²) in [6.07, 6.45) is 0.338. The molecule has 0 rings (SSSR count). The number of phosphoric acid groups is 1. The normalized spacial score (nSPS) is 15.3. The molecule has 0 radical (unpaired) electrons. The molecule has 35 heavy (non-hydrogen) atoms. The van der Waals surface area contributed by atoms with Crippen LogP contribution in [-0.2, 0) is 47.2 Å². The monoisotopic (exact) mass is 526 g/mol. The fraction of sp³-hybridized carbons (Fsp3) is 0.818. The summed E-state index contributed by atoms with van der Waals surface area (Å²) in [7, 11) is -2.26. The molecular weight excluding hydrogens is 487 g/mol. The van der Waals surface area contributed by atoms with Crippen molar-refractivity contribution in [3.63, 3.8) is 0 Å². The highest BCUT2D eigenvalue weighted by Gasteiger charge is 2.42. The summed E-state index contributed by atoms with van der Waals surface area (Å²) in [4.78, 5) is 67.7. The third-order valence-electron chi connectivity index (χ3n) is 5.76. The van der Waals surface area contributed by atoms with Crippen LogP contribution in [0, 0.1) is 22.7 Å². The summed E-state index contributed by atoms with van der Waals surface area (Å²) < 4.78 is 35.0. The van der Waals surface area contributed by atoms with Gasteiger partial charge in [0.25, 0.3) is 0 Å². The summed E-state index contributed by atoms with van der Waals surface area (Å²) in [5.74, 6) is -4.23. The smallest absolute Gasteiger partial charge is 0.469 e. The van der Waals surface area contributed by atoms with Crippen molar-refractivity contribution in [3.8, 4) is 0 Å². The zero-order valence-corrected chi connectivity index (χ0v) is 22.4. The van der Waals surface area contributed by atoms with Crippen molar-refractivity contribution < 1.29 is 57.0 Å². The Morgan fingerprint density at radius 3 is 1.86 bits per heavy atom. The van der Waals surface area contributed by atoms with E-state index in [-0.39, 0.29) is 25.9 Å². The first kappa shape index (κ1) is 33.0. The van der Waals surface area contributed by atoms with Crippen molar-refractivity contribution in [1.82, 2.24) is 0 Å². The van der Waals surface area contributed by atoms with Crippen LogP contribution in [0.4, 0.5) is 0 Å². The average molecular weight is 527 g/mol. The van der Waals surface area contributed by atoms with Crippen molar-refractivity contribution >= 4 is 31.7 Å². The fourth-order valence-electron chi connectivity index (χ4n) is 3.64. The second kappa shape index (κ2) is 14.5. The van der Waals surface area contributed by atoms with Gasteiger partial charge in [0, 0.05) is 0 Å². The van der Waals surface area contributed by atoms with E-state index in [9.17, 15) is 23.7 Å². The number of phosphoric ester groups is 1. The van der Waals surface area contributed by atoms with Crippen LogP contribution in [0.25, 0.3) is 0 Å². The van der Waals surface area contributed by atoms with Crippen molar-refractivity contribution in [2.45, 2.75) is 60.3 Å². The van der Waals surface area contributed by atoms with E-state index in [1.807, 2.05) is 0 Å². The number of carbonyl (C=O) groups is 4. The number of methoxy groups -OCH3 is 2. The zero-order chi connectivity index (χ0) is 27.4. The van der Waals surface area contributed by atoms with E-state index in [0.717, 1.165) is 0 Å². The first-order valence-electron chi connectivity index (χ1n) is 11.3. The van der Waals surface area contributed by atoms with Gasteiger partial charge in [0.15, 0.2) is 0 Å². The lowest BCUT2D eigenvalue weighted by molar-refractivity contribution is -0.159. The van der Waals surface area contributed by atoms with Crippen molar-refractivity contribution in [3.05, 3.63) is 0 Å². The Morgan fingerprint density at radius 1 is 0.829 bits per heavy atom. The minimum Gasteiger partial charge on any atom is -0.469 e. The van der Waals surface area contributed by atoms with Crippen molar-refractivity contribution in [2.75, 3.05) is 34.0 Å². The van der Waals surface area contributed by atoms with Gasteiger partial charge in [0.05, 0.1) is 50.1 Å². The fourth-order valence-corrected chi connectivity index (χ4v) is 3.96. The van der Waals surface area contributed by atoms with Gasteiger partial charge in [-0.25, -0.2) is 4.57 Å². The number of esters is 4. The molecule has 0 aromatic carbocycles. The van der Waals surface area contributed by atoms with Crippen LogP contribution in [0.5, 0.6) is 0 Å². The molecule has 0 aliphatic rings. The predicted molar refractivity (Wildman–Crippen MR) is 123 cm³/mol. The summed E-state index contributed by atoms with van der Waals surface area (Å²) >= 11 is 0. The molecule has 0 aromatic heterocycles. The summed E-state index contributed by atoms with van der Waals surface area (Å²) in [6, 6.07) is 0. The van der Waals surface area contributed by atoms with Gasteiger partial charge in [0.2, 0.25) is 0 Å². The van der Waals surface area contributed by atoms with Crippen LogP contribution >= 0.6 is 7.82 Å². The molecule has 0 saturated heterocycles. The molecule has 0 amide bonds. The zero-order valence-electron chi connectivity index (χ0n) is 21.5. The van der Waals surface area contributed by atoms with E-state index in [1.165, 1.54) is 28.1 Å². The highest BCUT2D eigenvalue weighted by Crippen LogP contribution is 2.38. The van der Waals surface area contributed by atoms with E-state index in [0.29, 0.717) is 6.42 Å². The van der Waals surface area contributed by atoms with Gasteiger partial charge in [0.1, 0.15) is 6.61 Å². The Balaban J connectivity index is 5.67. The SMILES string of the molecule is CCOC(=O)C(CC(CC(C)(C)C(=O)OCCOP(=O)(O)O)C(=O)OC)CC(C)(CC)C(=O)OC. The van der Waals surface area contributed by atoms with Gasteiger partial charge >= 0.3 is 31.7 Å². The molecule has 0 aromatic rings. The largest absolute Gasteiger partial charge is 0.469 e. The lowest BCUT2D eigenvalue weighted by Gasteiger charge is -2.32. The number of carbonyl (C=O) groups excluding carboxylic acids is 4. The van der Waals surface area contributed by atoms with Gasteiger partial charge in [-0.15, -0.1) is 0 Å². The predicted octanol–water partition coefficient (Wildman–Crippen LogP) is 2.39. The van der Waals surface area contributed by atoms with Crippen LogP contribution in [0.1, 0.15) is 60.3 Å². The summed E-state index contributed by atoms with van der Waals surface area (Å²) in [5, 5.41) is 0. The molecular formula is C22H39O12P. The lowest BCUT2D eigenvalue weighted by Crippen LogP contribution is -2.37. The maximum absolute atomic E-state index is 12.8. The highest BCUT2D eigenvalue weighted by atomic mass is 31.2. The number of hydrogen-bond acceptors (Lipinski definition) is 10. The minimum atomic E-state index is -4.70. The van der Waals surface area contributed by atoms with Crippen LogP contribution < -0.4 is 0 Å². The quantitative estimate of drug-likeness (QED) is 0.130. The third-order valence-corrected chi connectivity index (χ3v) is 6.28.